The van der Waals surface area contributed by atoms with Gasteiger partial charge in [0, 0.05) is 5.46 Å². The maximum atomic E-state index is 12.5. The molecule has 8 heteroatoms. The molecule has 1 aromatic rings. The Kier molecular flexibility index (Phi) is 3.72. The molecule has 0 aliphatic heterocycles. The highest BCUT2D eigenvalue weighted by Crippen LogP contribution is 2.39. The van der Waals surface area contributed by atoms with Crippen molar-refractivity contribution < 1.29 is 28.0 Å². The quantitative estimate of drug-likeness (QED) is 0.776. The zero-order chi connectivity index (χ0) is 12.5. The Balaban J connectivity index is 3.41. The van der Waals surface area contributed by atoms with Crippen molar-refractivity contribution in [1.82, 2.24) is 0 Å². The summed E-state index contributed by atoms with van der Waals surface area (Å²) in [5.74, 6) is -0.625. The van der Waals surface area contributed by atoms with Crippen molar-refractivity contribution >= 4 is 24.2 Å². The van der Waals surface area contributed by atoms with Crippen molar-refractivity contribution in [1.29, 1.82) is 0 Å². The molecular weight excluding hydrogens is 247 g/mol. The molecule has 3 nitrogen and oxygen atoms in total. The van der Waals surface area contributed by atoms with E-state index in [0.717, 1.165) is 13.2 Å². The molecule has 1 rings (SSSR count). The Bertz CT molecular complexity index is 395. The van der Waals surface area contributed by atoms with E-state index in [9.17, 15) is 13.2 Å². The zero-order valence-corrected chi connectivity index (χ0v) is 8.80. The van der Waals surface area contributed by atoms with Crippen molar-refractivity contribution in [3.8, 4) is 5.75 Å². The molecule has 0 atom stereocenters. The van der Waals surface area contributed by atoms with Gasteiger partial charge < -0.3 is 14.8 Å². The summed E-state index contributed by atoms with van der Waals surface area (Å²) in [4.78, 5) is 0. The van der Waals surface area contributed by atoms with Gasteiger partial charge in [0.05, 0.1) is 17.7 Å². The third-order valence-electron chi connectivity index (χ3n) is 1.91. The summed E-state index contributed by atoms with van der Waals surface area (Å²) in [6.07, 6.45) is -4.62. The van der Waals surface area contributed by atoms with Crippen LogP contribution in [0.4, 0.5) is 13.2 Å². The van der Waals surface area contributed by atoms with E-state index in [0.29, 0.717) is 6.07 Å². The van der Waals surface area contributed by atoms with Crippen LogP contribution in [0.2, 0.25) is 5.02 Å². The molecule has 0 fully saturated rings. The molecule has 0 aromatic heterocycles. The lowest BCUT2D eigenvalue weighted by atomic mass is 9.79. The molecule has 0 heterocycles. The molecule has 0 saturated heterocycles. The second kappa shape index (κ2) is 4.53. The van der Waals surface area contributed by atoms with E-state index >= 15 is 0 Å². The Morgan fingerprint density at radius 2 is 1.88 bits per heavy atom. The smallest absolute Gasteiger partial charge is 0.490 e. The molecule has 88 valence electrons. The van der Waals surface area contributed by atoms with Crippen molar-refractivity contribution in [2.24, 2.45) is 0 Å². The molecule has 0 radical (unpaired) electrons. The van der Waals surface area contributed by atoms with Gasteiger partial charge in [-0.25, -0.2) is 0 Å². The Labute approximate surface area is 94.6 Å². The van der Waals surface area contributed by atoms with E-state index in [1.54, 1.807) is 0 Å². The lowest BCUT2D eigenvalue weighted by Crippen LogP contribution is -2.31. The molecule has 0 aliphatic carbocycles. The van der Waals surface area contributed by atoms with Crippen LogP contribution < -0.4 is 10.2 Å². The highest BCUT2D eigenvalue weighted by molar-refractivity contribution is 6.63. The molecule has 16 heavy (non-hydrogen) atoms. The molecular formula is C8H7BClF3O3. The summed E-state index contributed by atoms with van der Waals surface area (Å²) in [5, 5.41) is 17.2. The van der Waals surface area contributed by atoms with Crippen molar-refractivity contribution in [2.45, 2.75) is 6.18 Å². The monoisotopic (exact) mass is 254 g/mol. The van der Waals surface area contributed by atoms with E-state index in [4.69, 9.17) is 21.6 Å². The molecule has 1 aromatic carbocycles. The topological polar surface area (TPSA) is 49.7 Å². The van der Waals surface area contributed by atoms with E-state index in [1.807, 2.05) is 0 Å². The third kappa shape index (κ3) is 2.42. The van der Waals surface area contributed by atoms with Gasteiger partial charge >= 0.3 is 13.3 Å². The highest BCUT2D eigenvalue weighted by Gasteiger charge is 2.36. The zero-order valence-electron chi connectivity index (χ0n) is 8.05. The van der Waals surface area contributed by atoms with Crippen LogP contribution in [0.5, 0.6) is 5.75 Å². The highest BCUT2D eigenvalue weighted by atomic mass is 35.5. The molecule has 0 aliphatic rings. The molecule has 2 N–H and O–H groups in total. The van der Waals surface area contributed by atoms with Gasteiger partial charge in [0.1, 0.15) is 5.75 Å². The van der Waals surface area contributed by atoms with Crippen molar-refractivity contribution in [3.05, 3.63) is 22.7 Å². The third-order valence-corrected chi connectivity index (χ3v) is 2.30. The minimum atomic E-state index is -4.62. The number of alkyl halides is 3. The largest absolute Gasteiger partial charge is 0.495 e. The lowest BCUT2D eigenvalue weighted by molar-refractivity contribution is -0.138. The standard InChI is InChI=1S/C8H7BClF3O3/c1-16-7-4(8(11,12)13)2-3-5(6(7)10)9(14)15/h2-3,14-15H,1H3. The van der Waals surface area contributed by atoms with Crippen LogP contribution in [0.15, 0.2) is 12.1 Å². The Hall–Kier alpha value is -0.915. The fourth-order valence-corrected chi connectivity index (χ4v) is 1.53. The second-order valence-electron chi connectivity index (χ2n) is 2.92. The maximum absolute atomic E-state index is 12.5. The molecule has 0 amide bonds. The predicted octanol–water partition coefficient (Wildman–Crippen LogP) is 1.05. The normalized spacial score (nSPS) is 11.4. The van der Waals surface area contributed by atoms with Crippen molar-refractivity contribution in [3.63, 3.8) is 0 Å². The van der Waals surface area contributed by atoms with Gasteiger partial charge in [-0.05, 0) is 6.07 Å². The fourth-order valence-electron chi connectivity index (χ4n) is 1.19. The van der Waals surface area contributed by atoms with E-state index in [-0.39, 0.29) is 5.46 Å². The van der Waals surface area contributed by atoms with Crippen LogP contribution >= 0.6 is 11.6 Å². The fraction of sp³-hybridized carbons (Fsp3) is 0.250. The van der Waals surface area contributed by atoms with E-state index in [2.05, 4.69) is 4.74 Å². The van der Waals surface area contributed by atoms with Crippen LogP contribution in [0.3, 0.4) is 0 Å². The minimum Gasteiger partial charge on any atom is -0.495 e. The lowest BCUT2D eigenvalue weighted by Gasteiger charge is -2.15. The van der Waals surface area contributed by atoms with Crippen molar-refractivity contribution in [2.75, 3.05) is 7.11 Å². The van der Waals surface area contributed by atoms with Crippen LogP contribution in [-0.2, 0) is 6.18 Å². The number of ether oxygens (including phenoxy) is 1. The first-order valence-corrected chi connectivity index (χ1v) is 4.46. The first kappa shape index (κ1) is 13.2. The summed E-state index contributed by atoms with van der Waals surface area (Å²) in [7, 11) is -0.937. The van der Waals surface area contributed by atoms with E-state index in [1.165, 1.54) is 0 Å². The summed E-state index contributed by atoms with van der Waals surface area (Å²) in [6, 6.07) is 1.57. The molecule has 0 saturated carbocycles. The number of halogens is 4. The van der Waals surface area contributed by atoms with Crippen LogP contribution in [0, 0.1) is 0 Å². The Morgan fingerprint density at radius 3 is 2.25 bits per heavy atom. The summed E-state index contributed by atoms with van der Waals surface area (Å²) >= 11 is 5.57. The van der Waals surface area contributed by atoms with E-state index < -0.39 is 29.6 Å². The average Bonchev–Trinajstić information content (AvgIpc) is 2.15. The second-order valence-corrected chi connectivity index (χ2v) is 3.30. The summed E-state index contributed by atoms with van der Waals surface area (Å²) in [6.45, 7) is 0. The van der Waals surface area contributed by atoms with Crippen LogP contribution in [0.25, 0.3) is 0 Å². The van der Waals surface area contributed by atoms with Gasteiger partial charge in [-0.2, -0.15) is 13.2 Å². The summed E-state index contributed by atoms with van der Waals surface area (Å²) in [5.41, 5.74) is -1.31. The van der Waals surface area contributed by atoms with Gasteiger partial charge in [0.2, 0.25) is 0 Å². The summed E-state index contributed by atoms with van der Waals surface area (Å²) < 4.78 is 42.0. The number of hydrogen-bond acceptors (Lipinski definition) is 3. The molecule has 0 bridgehead atoms. The number of rotatable bonds is 2. The van der Waals surface area contributed by atoms with Gasteiger partial charge in [0.15, 0.2) is 0 Å². The average molecular weight is 254 g/mol. The molecule has 0 spiro atoms. The van der Waals surface area contributed by atoms with Gasteiger partial charge in [-0.15, -0.1) is 0 Å². The maximum Gasteiger partial charge on any atom is 0.490 e. The first-order valence-electron chi connectivity index (χ1n) is 4.08. The first-order chi connectivity index (χ1) is 7.29. The number of benzene rings is 1. The Morgan fingerprint density at radius 1 is 1.31 bits per heavy atom. The SMILES string of the molecule is COc1c(C(F)(F)F)ccc(B(O)O)c1Cl. The predicted molar refractivity (Wildman–Crippen MR) is 52.8 cm³/mol. The van der Waals surface area contributed by atoms with Gasteiger partial charge in [-0.3, -0.25) is 0 Å². The van der Waals surface area contributed by atoms with Gasteiger partial charge in [-0.1, -0.05) is 17.7 Å². The minimum absolute atomic E-state index is 0.244. The van der Waals surface area contributed by atoms with Crippen LogP contribution in [0.1, 0.15) is 5.56 Å². The molecule has 0 unspecified atom stereocenters. The van der Waals surface area contributed by atoms with Gasteiger partial charge in [0.25, 0.3) is 0 Å². The van der Waals surface area contributed by atoms with Crippen LogP contribution in [-0.4, -0.2) is 24.3 Å². The number of hydrogen-bond donors (Lipinski definition) is 2. The number of methoxy groups -OCH3 is 1.